The van der Waals surface area contributed by atoms with E-state index in [0.717, 1.165) is 5.56 Å². The van der Waals surface area contributed by atoms with Gasteiger partial charge in [0.25, 0.3) is 0 Å². The van der Waals surface area contributed by atoms with Gasteiger partial charge in [0.05, 0.1) is 0 Å². The van der Waals surface area contributed by atoms with Crippen LogP contribution in [0.3, 0.4) is 0 Å². The summed E-state index contributed by atoms with van der Waals surface area (Å²) in [6.07, 6.45) is 1.80. The van der Waals surface area contributed by atoms with Crippen LogP contribution in [0.1, 0.15) is 30.5 Å². The Morgan fingerprint density at radius 3 is 2.04 bits per heavy atom. The van der Waals surface area contributed by atoms with Crippen LogP contribution in [-0.4, -0.2) is 10.2 Å². The fourth-order valence-corrected chi connectivity index (χ4v) is 3.40. The minimum absolute atomic E-state index is 0.159. The molecule has 0 bridgehead atoms. The third-order valence-electron chi connectivity index (χ3n) is 4.50. The van der Waals surface area contributed by atoms with Gasteiger partial charge in [-0.3, -0.25) is 0 Å². The number of aromatic hydroxyl groups is 2. The van der Waals surface area contributed by atoms with Crippen LogP contribution in [0, 0.1) is 0 Å². The molecule has 0 atom stereocenters. The predicted molar refractivity (Wildman–Crippen MR) is 95.7 cm³/mol. The van der Waals surface area contributed by atoms with Crippen molar-refractivity contribution in [2.24, 2.45) is 0 Å². The van der Waals surface area contributed by atoms with E-state index in [9.17, 15) is 10.2 Å². The van der Waals surface area contributed by atoms with Gasteiger partial charge in [0, 0.05) is 27.5 Å². The van der Waals surface area contributed by atoms with E-state index in [0.29, 0.717) is 27.7 Å². The van der Waals surface area contributed by atoms with Crippen molar-refractivity contribution < 1.29 is 14.9 Å². The minimum Gasteiger partial charge on any atom is -0.507 e. The summed E-state index contributed by atoms with van der Waals surface area (Å²) in [6.45, 7) is 3.80. The van der Waals surface area contributed by atoms with E-state index in [1.807, 2.05) is 62.4 Å². The maximum absolute atomic E-state index is 10.8. The molecule has 24 heavy (non-hydrogen) atoms. The van der Waals surface area contributed by atoms with Gasteiger partial charge in [-0.1, -0.05) is 54.6 Å². The number of hydrogen-bond acceptors (Lipinski definition) is 3. The van der Waals surface area contributed by atoms with Crippen molar-refractivity contribution in [2.75, 3.05) is 0 Å². The first-order valence-corrected chi connectivity index (χ1v) is 7.92. The average Bonchev–Trinajstić information content (AvgIpc) is 2.59. The molecule has 2 N–H and O–H groups in total. The fourth-order valence-electron chi connectivity index (χ4n) is 3.40. The van der Waals surface area contributed by atoms with E-state index in [2.05, 4.69) is 0 Å². The monoisotopic (exact) mass is 318 g/mol. The molecule has 0 aromatic heterocycles. The maximum Gasteiger partial charge on any atom is 0.133 e. The molecular weight excluding hydrogens is 300 g/mol. The molecule has 1 heterocycles. The van der Waals surface area contributed by atoms with Crippen LogP contribution in [0.25, 0.3) is 22.6 Å². The highest BCUT2D eigenvalue weighted by molar-refractivity contribution is 6.00. The maximum atomic E-state index is 10.8. The van der Waals surface area contributed by atoms with Crippen molar-refractivity contribution in [1.29, 1.82) is 0 Å². The number of benzene rings is 3. The van der Waals surface area contributed by atoms with Gasteiger partial charge in [0.2, 0.25) is 0 Å². The second kappa shape index (κ2) is 5.03. The summed E-state index contributed by atoms with van der Waals surface area (Å²) in [6, 6.07) is 17.1. The largest absolute Gasteiger partial charge is 0.507 e. The Morgan fingerprint density at radius 1 is 0.792 bits per heavy atom. The second-order valence-electron chi connectivity index (χ2n) is 6.52. The Hall–Kier alpha value is -2.94. The van der Waals surface area contributed by atoms with Gasteiger partial charge in [-0.05, 0) is 19.9 Å². The van der Waals surface area contributed by atoms with Gasteiger partial charge in [0.1, 0.15) is 22.9 Å². The van der Waals surface area contributed by atoms with E-state index in [4.69, 9.17) is 4.74 Å². The van der Waals surface area contributed by atoms with Gasteiger partial charge in [0.15, 0.2) is 0 Å². The lowest BCUT2D eigenvalue weighted by Gasteiger charge is -2.35. The first-order valence-electron chi connectivity index (χ1n) is 7.92. The normalized spacial score (nSPS) is 15.5. The highest BCUT2D eigenvalue weighted by Gasteiger charge is 2.36. The Bertz CT molecular complexity index is 969. The van der Waals surface area contributed by atoms with Crippen LogP contribution in [0.15, 0.2) is 54.6 Å². The summed E-state index contributed by atoms with van der Waals surface area (Å²) in [5, 5.41) is 22.9. The Kier molecular flexibility index (Phi) is 3.07. The highest BCUT2D eigenvalue weighted by Crippen LogP contribution is 2.50. The molecule has 0 fully saturated rings. The van der Waals surface area contributed by atoms with Crippen molar-refractivity contribution in [3.63, 3.8) is 0 Å². The van der Waals surface area contributed by atoms with Crippen LogP contribution >= 0.6 is 0 Å². The van der Waals surface area contributed by atoms with Crippen LogP contribution in [-0.2, 0) is 10.3 Å². The summed E-state index contributed by atoms with van der Waals surface area (Å²) in [4.78, 5) is 0. The number of phenolic OH excluding ortho intramolecular Hbond substituents is 2. The number of phenols is 2. The molecular formula is C21H18O3. The van der Waals surface area contributed by atoms with Gasteiger partial charge >= 0.3 is 0 Å². The van der Waals surface area contributed by atoms with Gasteiger partial charge < -0.3 is 14.9 Å². The number of hydrogen-bond donors (Lipinski definition) is 2. The summed E-state index contributed by atoms with van der Waals surface area (Å²) in [5.41, 5.74) is 1.39. The molecule has 0 saturated carbocycles. The van der Waals surface area contributed by atoms with E-state index >= 15 is 0 Å². The third-order valence-corrected chi connectivity index (χ3v) is 4.50. The molecule has 0 radical (unpaired) electrons. The zero-order valence-electron chi connectivity index (χ0n) is 13.6. The predicted octanol–water partition coefficient (Wildman–Crippen LogP) is 5.01. The van der Waals surface area contributed by atoms with Crippen LogP contribution < -0.4 is 0 Å². The van der Waals surface area contributed by atoms with E-state index in [-0.39, 0.29) is 11.5 Å². The second-order valence-corrected chi connectivity index (χ2v) is 6.52. The van der Waals surface area contributed by atoms with Crippen LogP contribution in [0.5, 0.6) is 11.5 Å². The Balaban J connectivity index is 2.07. The zero-order valence-corrected chi connectivity index (χ0v) is 13.6. The molecule has 3 heteroatoms. The average molecular weight is 318 g/mol. The van der Waals surface area contributed by atoms with Crippen molar-refractivity contribution in [3.05, 3.63) is 71.3 Å². The van der Waals surface area contributed by atoms with Crippen molar-refractivity contribution in [3.8, 4) is 11.5 Å². The van der Waals surface area contributed by atoms with E-state index in [1.54, 1.807) is 12.1 Å². The van der Waals surface area contributed by atoms with Crippen LogP contribution in [0.4, 0.5) is 0 Å². The molecule has 3 aromatic carbocycles. The molecule has 3 aromatic rings. The molecule has 4 rings (SSSR count). The fraction of sp³-hybridized carbons (Fsp3) is 0.143. The lowest BCUT2D eigenvalue weighted by atomic mass is 9.85. The molecule has 0 aliphatic carbocycles. The third kappa shape index (κ3) is 2.05. The number of fused-ring (bicyclic) bond motifs is 2. The molecule has 0 spiro atoms. The Labute approximate surface area is 140 Å². The lowest BCUT2D eigenvalue weighted by Crippen LogP contribution is -2.25. The van der Waals surface area contributed by atoms with Crippen LogP contribution in [0.2, 0.25) is 0 Å². The quantitative estimate of drug-likeness (QED) is 0.620. The minimum atomic E-state index is -0.763. The molecule has 1 aliphatic heterocycles. The number of ether oxygens (including phenoxy) is 1. The Morgan fingerprint density at radius 2 is 1.38 bits per heavy atom. The molecule has 0 saturated heterocycles. The van der Waals surface area contributed by atoms with Crippen molar-refractivity contribution >= 4 is 22.6 Å². The lowest BCUT2D eigenvalue weighted by molar-refractivity contribution is 0.0702. The number of rotatable bonds is 1. The van der Waals surface area contributed by atoms with Crippen molar-refractivity contribution in [2.45, 2.75) is 19.4 Å². The first kappa shape index (κ1) is 14.6. The SMILES string of the molecule is CC1(C)OC(c2ccccc2)=Cc2c1c(O)c1ccccc1c2O. The molecule has 0 unspecified atom stereocenters. The van der Waals surface area contributed by atoms with Crippen molar-refractivity contribution in [1.82, 2.24) is 0 Å². The smallest absolute Gasteiger partial charge is 0.133 e. The molecule has 120 valence electrons. The van der Waals surface area contributed by atoms with Gasteiger partial charge in [-0.2, -0.15) is 0 Å². The molecule has 0 amide bonds. The summed E-state index contributed by atoms with van der Waals surface area (Å²) < 4.78 is 6.16. The summed E-state index contributed by atoms with van der Waals surface area (Å²) >= 11 is 0. The summed E-state index contributed by atoms with van der Waals surface area (Å²) in [5.74, 6) is 1.01. The summed E-state index contributed by atoms with van der Waals surface area (Å²) in [7, 11) is 0. The molecule has 1 aliphatic rings. The van der Waals surface area contributed by atoms with Gasteiger partial charge in [-0.25, -0.2) is 0 Å². The molecule has 3 nitrogen and oxygen atoms in total. The zero-order chi connectivity index (χ0) is 16.9. The topological polar surface area (TPSA) is 49.7 Å². The highest BCUT2D eigenvalue weighted by atomic mass is 16.5. The first-order chi connectivity index (χ1) is 11.5. The standard InChI is InChI=1S/C21H18O3/c1-21(2)18-16(12-17(24-21)13-8-4-3-5-9-13)19(22)14-10-6-7-11-15(14)20(18)23/h3-12,22-23H,1-2H3. The van der Waals surface area contributed by atoms with E-state index in [1.165, 1.54) is 0 Å². The van der Waals surface area contributed by atoms with Gasteiger partial charge in [-0.15, -0.1) is 0 Å². The van der Waals surface area contributed by atoms with E-state index < -0.39 is 5.60 Å².